The number of anilines is 1. The van der Waals surface area contributed by atoms with Crippen LogP contribution in [0.15, 0.2) is 36.8 Å². The van der Waals surface area contributed by atoms with Crippen molar-refractivity contribution in [3.63, 3.8) is 0 Å². The van der Waals surface area contributed by atoms with Crippen LogP contribution in [-0.4, -0.2) is 16.5 Å². The zero-order valence-corrected chi connectivity index (χ0v) is 12.2. The highest BCUT2D eigenvalue weighted by Gasteiger charge is 2.17. The molecule has 0 unspecified atom stereocenters. The molecule has 1 aliphatic rings. The molecule has 0 amide bonds. The molecule has 0 aliphatic carbocycles. The van der Waals surface area contributed by atoms with E-state index >= 15 is 0 Å². The zero-order chi connectivity index (χ0) is 12.4. The Morgan fingerprint density at radius 2 is 2.00 bits per heavy atom. The second-order valence-electron chi connectivity index (χ2n) is 4.49. The van der Waals surface area contributed by atoms with Gasteiger partial charge in [0.15, 0.2) is 0 Å². The van der Waals surface area contributed by atoms with E-state index in [1.54, 1.807) is 6.33 Å². The quantitative estimate of drug-likeness (QED) is 0.740. The average molecular weight is 351 g/mol. The van der Waals surface area contributed by atoms with E-state index in [9.17, 15) is 0 Å². The highest BCUT2D eigenvalue weighted by Crippen LogP contribution is 2.25. The molecule has 1 aromatic carbocycles. The van der Waals surface area contributed by atoms with Crippen molar-refractivity contribution in [3.8, 4) is 0 Å². The van der Waals surface area contributed by atoms with E-state index in [1.165, 1.54) is 17.5 Å². The van der Waals surface area contributed by atoms with Crippen LogP contribution in [0.4, 0.5) is 5.82 Å². The predicted octanol–water partition coefficient (Wildman–Crippen LogP) is 3.03. The Kier molecular flexibility index (Phi) is 3.45. The second-order valence-corrected chi connectivity index (χ2v) is 5.65. The van der Waals surface area contributed by atoms with Crippen LogP contribution in [0.5, 0.6) is 0 Å². The summed E-state index contributed by atoms with van der Waals surface area (Å²) in [6.45, 7) is 2.00. The Balaban J connectivity index is 1.94. The van der Waals surface area contributed by atoms with Crippen LogP contribution in [0.25, 0.3) is 0 Å². The maximum absolute atomic E-state index is 4.42. The molecule has 0 radical (unpaired) electrons. The Hall–Kier alpha value is -1.17. The first kappa shape index (κ1) is 11.9. The molecule has 4 heteroatoms. The van der Waals surface area contributed by atoms with Gasteiger partial charge in [0.25, 0.3) is 0 Å². The Morgan fingerprint density at radius 1 is 1.17 bits per heavy atom. The number of rotatable bonds is 1. The number of aromatic nitrogens is 2. The fraction of sp³-hybridized carbons (Fsp3) is 0.286. The maximum atomic E-state index is 4.42. The van der Waals surface area contributed by atoms with Crippen molar-refractivity contribution in [2.45, 2.75) is 19.4 Å². The molecule has 1 aromatic heterocycles. The molecular formula is C14H14IN3. The number of benzene rings is 1. The molecule has 0 bridgehead atoms. The molecule has 0 spiro atoms. The fourth-order valence-corrected chi connectivity index (χ4v) is 3.06. The van der Waals surface area contributed by atoms with Crippen LogP contribution in [0, 0.1) is 3.57 Å². The third kappa shape index (κ3) is 2.34. The summed E-state index contributed by atoms with van der Waals surface area (Å²) in [6, 6.07) is 8.71. The van der Waals surface area contributed by atoms with Gasteiger partial charge in [0.2, 0.25) is 0 Å². The monoisotopic (exact) mass is 351 g/mol. The topological polar surface area (TPSA) is 29.0 Å². The van der Waals surface area contributed by atoms with E-state index in [1.807, 2.05) is 6.20 Å². The van der Waals surface area contributed by atoms with Gasteiger partial charge in [-0.2, -0.15) is 0 Å². The first-order valence-corrected chi connectivity index (χ1v) is 7.20. The number of aryl methyl sites for hydroxylation is 1. The van der Waals surface area contributed by atoms with E-state index in [4.69, 9.17) is 0 Å². The summed E-state index contributed by atoms with van der Waals surface area (Å²) in [7, 11) is 0. The summed E-state index contributed by atoms with van der Waals surface area (Å²) < 4.78 is 1.12. The Morgan fingerprint density at radius 3 is 2.83 bits per heavy atom. The summed E-state index contributed by atoms with van der Waals surface area (Å²) in [6.07, 6.45) is 5.85. The minimum absolute atomic E-state index is 0.948. The fourth-order valence-electron chi connectivity index (χ4n) is 2.42. The van der Waals surface area contributed by atoms with Crippen LogP contribution in [-0.2, 0) is 13.0 Å². The van der Waals surface area contributed by atoms with Crippen LogP contribution in [0.1, 0.15) is 17.5 Å². The standard InChI is InChI=1S/C14H14IN3/c15-13-8-16-10-17-14(13)18-7-3-6-11-4-1-2-5-12(11)9-18/h1-2,4-5,8,10H,3,6-7,9H2. The summed E-state index contributed by atoms with van der Waals surface area (Å²) in [4.78, 5) is 10.8. The van der Waals surface area contributed by atoms with Gasteiger partial charge in [-0.05, 0) is 46.6 Å². The summed E-state index contributed by atoms with van der Waals surface area (Å²) in [5.74, 6) is 1.06. The lowest BCUT2D eigenvalue weighted by Gasteiger charge is -2.22. The second kappa shape index (κ2) is 5.22. The van der Waals surface area contributed by atoms with E-state index in [-0.39, 0.29) is 0 Å². The van der Waals surface area contributed by atoms with Crippen LogP contribution in [0.2, 0.25) is 0 Å². The predicted molar refractivity (Wildman–Crippen MR) is 80.6 cm³/mol. The van der Waals surface area contributed by atoms with Gasteiger partial charge in [0.1, 0.15) is 12.1 Å². The zero-order valence-electron chi connectivity index (χ0n) is 10.0. The van der Waals surface area contributed by atoms with E-state index in [0.29, 0.717) is 0 Å². The summed E-state index contributed by atoms with van der Waals surface area (Å²) in [5, 5.41) is 0. The average Bonchev–Trinajstić information content (AvgIpc) is 2.61. The van der Waals surface area contributed by atoms with E-state index in [2.05, 4.69) is 61.7 Å². The van der Waals surface area contributed by atoms with Gasteiger partial charge in [-0.1, -0.05) is 24.3 Å². The smallest absolute Gasteiger partial charge is 0.145 e. The van der Waals surface area contributed by atoms with Crippen molar-refractivity contribution in [1.29, 1.82) is 0 Å². The molecule has 0 saturated carbocycles. The Bertz CT molecular complexity index is 556. The van der Waals surface area contributed by atoms with E-state index in [0.717, 1.165) is 28.9 Å². The van der Waals surface area contributed by atoms with Crippen LogP contribution < -0.4 is 4.90 Å². The molecule has 0 atom stereocenters. The van der Waals surface area contributed by atoms with Crippen molar-refractivity contribution in [1.82, 2.24) is 9.97 Å². The number of hydrogen-bond donors (Lipinski definition) is 0. The lowest BCUT2D eigenvalue weighted by atomic mass is 10.0. The van der Waals surface area contributed by atoms with Crippen molar-refractivity contribution in [2.24, 2.45) is 0 Å². The van der Waals surface area contributed by atoms with Gasteiger partial charge in [0, 0.05) is 19.3 Å². The van der Waals surface area contributed by atoms with Gasteiger partial charge >= 0.3 is 0 Å². The highest BCUT2D eigenvalue weighted by molar-refractivity contribution is 14.1. The lowest BCUT2D eigenvalue weighted by Crippen LogP contribution is -2.24. The van der Waals surface area contributed by atoms with Crippen molar-refractivity contribution in [3.05, 3.63) is 51.5 Å². The van der Waals surface area contributed by atoms with Crippen LogP contribution in [0.3, 0.4) is 0 Å². The first-order valence-electron chi connectivity index (χ1n) is 6.12. The van der Waals surface area contributed by atoms with Gasteiger partial charge < -0.3 is 4.90 Å². The van der Waals surface area contributed by atoms with E-state index < -0.39 is 0 Å². The SMILES string of the molecule is Ic1cncnc1N1CCCc2ccccc2C1. The van der Waals surface area contributed by atoms with Crippen molar-refractivity contribution >= 4 is 28.4 Å². The van der Waals surface area contributed by atoms with Crippen molar-refractivity contribution in [2.75, 3.05) is 11.4 Å². The molecule has 0 fully saturated rings. The molecular weight excluding hydrogens is 337 g/mol. The van der Waals surface area contributed by atoms with Gasteiger partial charge in [-0.25, -0.2) is 9.97 Å². The molecule has 18 heavy (non-hydrogen) atoms. The first-order chi connectivity index (χ1) is 8.84. The highest BCUT2D eigenvalue weighted by atomic mass is 127. The summed E-state index contributed by atoms with van der Waals surface area (Å²) in [5.41, 5.74) is 2.90. The third-order valence-electron chi connectivity index (χ3n) is 3.30. The minimum atomic E-state index is 0.948. The lowest BCUT2D eigenvalue weighted by molar-refractivity contribution is 0.750. The third-order valence-corrected chi connectivity index (χ3v) is 4.06. The normalized spacial score (nSPS) is 15.1. The molecule has 3 rings (SSSR count). The van der Waals surface area contributed by atoms with Gasteiger partial charge in [-0.3, -0.25) is 0 Å². The molecule has 0 saturated heterocycles. The van der Waals surface area contributed by atoms with Gasteiger partial charge in [-0.15, -0.1) is 0 Å². The largest absolute Gasteiger partial charge is 0.351 e. The molecule has 92 valence electrons. The molecule has 2 aromatic rings. The number of nitrogens with zero attached hydrogens (tertiary/aromatic N) is 3. The molecule has 0 N–H and O–H groups in total. The molecule has 3 nitrogen and oxygen atoms in total. The number of halogens is 1. The number of fused-ring (bicyclic) bond motifs is 1. The van der Waals surface area contributed by atoms with Crippen molar-refractivity contribution < 1.29 is 0 Å². The van der Waals surface area contributed by atoms with Crippen LogP contribution >= 0.6 is 22.6 Å². The maximum Gasteiger partial charge on any atom is 0.145 e. The summed E-state index contributed by atoms with van der Waals surface area (Å²) >= 11 is 2.31. The molecule has 1 aliphatic heterocycles. The minimum Gasteiger partial charge on any atom is -0.351 e. The Labute approximate surface area is 120 Å². The van der Waals surface area contributed by atoms with Gasteiger partial charge in [0.05, 0.1) is 3.57 Å². The molecule has 2 heterocycles. The number of hydrogen-bond acceptors (Lipinski definition) is 3.